The van der Waals surface area contributed by atoms with Crippen molar-refractivity contribution in [3.63, 3.8) is 0 Å². The van der Waals surface area contributed by atoms with Crippen molar-refractivity contribution >= 4 is 34.8 Å². The fraction of sp³-hybridized carbons (Fsp3) is 0.467. The summed E-state index contributed by atoms with van der Waals surface area (Å²) < 4.78 is 10.4. The summed E-state index contributed by atoms with van der Waals surface area (Å²) in [5.74, 6) is 1.32. The third-order valence-corrected chi connectivity index (χ3v) is 3.44. The van der Waals surface area contributed by atoms with E-state index >= 15 is 0 Å². The Morgan fingerprint density at radius 3 is 2.41 bits per heavy atom. The van der Waals surface area contributed by atoms with Gasteiger partial charge in [-0.1, -0.05) is 25.4 Å². The first kappa shape index (κ1) is 18.5. The Balaban J connectivity index is 2.64. The van der Waals surface area contributed by atoms with Crippen LogP contribution >= 0.6 is 23.8 Å². The van der Waals surface area contributed by atoms with Crippen molar-refractivity contribution in [2.24, 2.45) is 5.92 Å². The van der Waals surface area contributed by atoms with E-state index in [1.165, 1.54) is 0 Å². The molecule has 1 aromatic carbocycles. The van der Waals surface area contributed by atoms with Crippen LogP contribution < -0.4 is 20.1 Å². The molecule has 7 heteroatoms. The van der Waals surface area contributed by atoms with E-state index in [1.54, 1.807) is 26.4 Å². The number of thiocarbonyl (C=S) groups is 1. The van der Waals surface area contributed by atoms with Gasteiger partial charge in [0.05, 0.1) is 14.2 Å². The molecule has 22 heavy (non-hydrogen) atoms. The quantitative estimate of drug-likeness (QED) is 0.777. The number of hydrogen-bond donors (Lipinski definition) is 2. The Bertz CT molecular complexity index is 550. The van der Waals surface area contributed by atoms with Crippen LogP contribution in [0.5, 0.6) is 11.5 Å². The van der Waals surface area contributed by atoms with Crippen molar-refractivity contribution in [1.82, 2.24) is 10.6 Å². The van der Waals surface area contributed by atoms with Gasteiger partial charge in [-0.25, -0.2) is 0 Å². The lowest BCUT2D eigenvalue weighted by Gasteiger charge is -2.14. The number of rotatable bonds is 6. The van der Waals surface area contributed by atoms with E-state index in [1.807, 2.05) is 13.8 Å². The highest BCUT2D eigenvalue weighted by molar-refractivity contribution is 7.80. The third-order valence-electron chi connectivity index (χ3n) is 2.84. The van der Waals surface area contributed by atoms with Crippen LogP contribution in [0.2, 0.25) is 5.02 Å². The maximum absolute atomic E-state index is 11.6. The molecule has 0 radical (unpaired) electrons. The first-order valence-corrected chi connectivity index (χ1v) is 7.64. The van der Waals surface area contributed by atoms with Crippen LogP contribution in [0.1, 0.15) is 25.8 Å². The summed E-state index contributed by atoms with van der Waals surface area (Å²) in [6.07, 6.45) is 0.429. The standard InChI is InChI=1S/C15H21ClN2O3S/c1-9(2)5-14(19)18-15(22)17-8-10-6-12(20-3)13(21-4)7-11(10)16/h6-7,9H,5,8H2,1-4H3,(H2,17,18,19,22). The van der Waals surface area contributed by atoms with Crippen molar-refractivity contribution in [3.8, 4) is 11.5 Å². The zero-order valence-corrected chi connectivity index (χ0v) is 14.7. The van der Waals surface area contributed by atoms with Crippen LogP contribution in [-0.4, -0.2) is 25.2 Å². The Hall–Kier alpha value is -1.53. The molecule has 0 atom stereocenters. The molecular formula is C15H21ClN2O3S. The molecule has 1 rings (SSSR count). The summed E-state index contributed by atoms with van der Waals surface area (Å²) in [4.78, 5) is 11.6. The second kappa shape index (κ2) is 8.80. The predicted octanol–water partition coefficient (Wildman–Crippen LogP) is 2.89. The van der Waals surface area contributed by atoms with Gasteiger partial charge in [0, 0.05) is 24.1 Å². The van der Waals surface area contributed by atoms with Gasteiger partial charge < -0.3 is 20.1 Å². The molecule has 0 fully saturated rings. The highest BCUT2D eigenvalue weighted by Crippen LogP contribution is 2.32. The number of methoxy groups -OCH3 is 2. The number of carbonyl (C=O) groups excluding carboxylic acids is 1. The minimum absolute atomic E-state index is 0.106. The van der Waals surface area contributed by atoms with Gasteiger partial charge in [-0.15, -0.1) is 0 Å². The van der Waals surface area contributed by atoms with Gasteiger partial charge in [-0.2, -0.15) is 0 Å². The predicted molar refractivity (Wildman–Crippen MR) is 91.6 cm³/mol. The van der Waals surface area contributed by atoms with Gasteiger partial charge in [-0.05, 0) is 29.8 Å². The van der Waals surface area contributed by atoms with Crippen LogP contribution in [0.4, 0.5) is 0 Å². The number of ether oxygens (including phenoxy) is 2. The topological polar surface area (TPSA) is 59.6 Å². The van der Waals surface area contributed by atoms with E-state index in [2.05, 4.69) is 10.6 Å². The third kappa shape index (κ3) is 5.69. The normalized spacial score (nSPS) is 10.3. The molecule has 0 aliphatic rings. The maximum Gasteiger partial charge on any atom is 0.226 e. The van der Waals surface area contributed by atoms with Gasteiger partial charge in [0.25, 0.3) is 0 Å². The summed E-state index contributed by atoms with van der Waals surface area (Å²) in [6, 6.07) is 3.45. The van der Waals surface area contributed by atoms with Crippen LogP contribution in [0.25, 0.3) is 0 Å². The molecule has 0 heterocycles. The van der Waals surface area contributed by atoms with E-state index in [-0.39, 0.29) is 16.9 Å². The van der Waals surface area contributed by atoms with Gasteiger partial charge in [-0.3, -0.25) is 4.79 Å². The van der Waals surface area contributed by atoms with E-state index in [0.29, 0.717) is 29.5 Å². The Morgan fingerprint density at radius 2 is 1.86 bits per heavy atom. The smallest absolute Gasteiger partial charge is 0.226 e. The molecular weight excluding hydrogens is 324 g/mol. The van der Waals surface area contributed by atoms with Crippen LogP contribution in [0.3, 0.4) is 0 Å². The molecule has 0 unspecified atom stereocenters. The number of hydrogen-bond acceptors (Lipinski definition) is 4. The molecule has 0 aliphatic heterocycles. The van der Waals surface area contributed by atoms with Gasteiger partial charge in [0.15, 0.2) is 16.6 Å². The Kier molecular flexibility index (Phi) is 7.41. The molecule has 0 bridgehead atoms. The molecule has 1 amide bonds. The van der Waals surface area contributed by atoms with Crippen LogP contribution in [0, 0.1) is 5.92 Å². The molecule has 122 valence electrons. The number of carbonyl (C=O) groups is 1. The monoisotopic (exact) mass is 344 g/mol. The van der Waals surface area contributed by atoms with E-state index < -0.39 is 0 Å². The van der Waals surface area contributed by atoms with Crippen molar-refractivity contribution in [2.45, 2.75) is 26.8 Å². The Labute approximate surface area is 141 Å². The number of benzene rings is 1. The second-order valence-electron chi connectivity index (χ2n) is 5.13. The highest BCUT2D eigenvalue weighted by atomic mass is 35.5. The number of nitrogens with one attached hydrogen (secondary N) is 2. The summed E-state index contributed by atoms with van der Waals surface area (Å²) in [6.45, 7) is 4.32. The largest absolute Gasteiger partial charge is 0.493 e. The van der Waals surface area contributed by atoms with Crippen molar-refractivity contribution in [2.75, 3.05) is 14.2 Å². The number of halogens is 1. The molecule has 5 nitrogen and oxygen atoms in total. The molecule has 1 aromatic rings. The molecule has 2 N–H and O–H groups in total. The van der Waals surface area contributed by atoms with Gasteiger partial charge in [0.1, 0.15) is 0 Å². The summed E-state index contributed by atoms with van der Waals surface area (Å²) in [5, 5.41) is 6.39. The number of amides is 1. The summed E-state index contributed by atoms with van der Waals surface area (Å²) in [7, 11) is 3.10. The average molecular weight is 345 g/mol. The van der Waals surface area contributed by atoms with E-state index in [0.717, 1.165) is 5.56 Å². The summed E-state index contributed by atoms with van der Waals surface area (Å²) in [5.41, 5.74) is 0.791. The zero-order chi connectivity index (χ0) is 16.7. The maximum atomic E-state index is 11.6. The molecule has 0 aliphatic carbocycles. The zero-order valence-electron chi connectivity index (χ0n) is 13.2. The fourth-order valence-corrected chi connectivity index (χ4v) is 2.21. The lowest BCUT2D eigenvalue weighted by Crippen LogP contribution is -2.39. The van der Waals surface area contributed by atoms with Crippen molar-refractivity contribution in [3.05, 3.63) is 22.7 Å². The average Bonchev–Trinajstić information content (AvgIpc) is 2.44. The second-order valence-corrected chi connectivity index (χ2v) is 5.94. The highest BCUT2D eigenvalue weighted by Gasteiger charge is 2.11. The van der Waals surface area contributed by atoms with Gasteiger partial charge in [0.2, 0.25) is 5.91 Å². The summed E-state index contributed by atoms with van der Waals surface area (Å²) >= 11 is 11.3. The lowest BCUT2D eigenvalue weighted by molar-refractivity contribution is -0.120. The lowest BCUT2D eigenvalue weighted by atomic mass is 10.1. The van der Waals surface area contributed by atoms with Crippen LogP contribution in [0.15, 0.2) is 12.1 Å². The van der Waals surface area contributed by atoms with Crippen molar-refractivity contribution < 1.29 is 14.3 Å². The van der Waals surface area contributed by atoms with Gasteiger partial charge >= 0.3 is 0 Å². The minimum Gasteiger partial charge on any atom is -0.493 e. The molecule has 0 aromatic heterocycles. The van der Waals surface area contributed by atoms with E-state index in [9.17, 15) is 4.79 Å². The molecule has 0 spiro atoms. The first-order chi connectivity index (χ1) is 10.4. The SMILES string of the molecule is COc1cc(Cl)c(CNC(=S)NC(=O)CC(C)C)cc1OC. The molecule has 0 saturated heterocycles. The fourth-order valence-electron chi connectivity index (χ4n) is 1.80. The van der Waals surface area contributed by atoms with E-state index in [4.69, 9.17) is 33.3 Å². The Morgan fingerprint density at radius 1 is 1.27 bits per heavy atom. The first-order valence-electron chi connectivity index (χ1n) is 6.85. The molecule has 0 saturated carbocycles. The van der Waals surface area contributed by atoms with Crippen molar-refractivity contribution in [1.29, 1.82) is 0 Å². The minimum atomic E-state index is -0.106. The van der Waals surface area contributed by atoms with Crippen LogP contribution in [-0.2, 0) is 11.3 Å².